The van der Waals surface area contributed by atoms with Gasteiger partial charge in [-0.25, -0.2) is 0 Å². The molecule has 7 nitrogen and oxygen atoms in total. The fourth-order valence-corrected chi connectivity index (χ4v) is 3.12. The topological polar surface area (TPSA) is 71.1 Å². The molecule has 8 heteroatoms. The van der Waals surface area contributed by atoms with Crippen LogP contribution >= 0.6 is 12.4 Å². The van der Waals surface area contributed by atoms with Crippen LogP contribution in [0.15, 0.2) is 48.5 Å². The van der Waals surface area contributed by atoms with Gasteiger partial charge in [0.05, 0.1) is 20.8 Å². The van der Waals surface area contributed by atoms with E-state index in [1.54, 1.807) is 42.2 Å². The highest BCUT2D eigenvalue weighted by atomic mass is 35.5. The number of ether oxygens (including phenoxy) is 2. The van der Waals surface area contributed by atoms with Crippen molar-refractivity contribution in [3.8, 4) is 11.5 Å². The van der Waals surface area contributed by atoms with E-state index in [-0.39, 0.29) is 30.8 Å². The number of rotatable bonds is 6. The van der Waals surface area contributed by atoms with Gasteiger partial charge in [-0.2, -0.15) is 0 Å². The van der Waals surface area contributed by atoms with Crippen LogP contribution in [0.4, 0.5) is 5.69 Å². The molecule has 0 atom stereocenters. The first-order valence-corrected chi connectivity index (χ1v) is 9.19. The fourth-order valence-electron chi connectivity index (χ4n) is 3.12. The van der Waals surface area contributed by atoms with E-state index >= 15 is 0 Å². The first kappa shape index (κ1) is 22.4. The summed E-state index contributed by atoms with van der Waals surface area (Å²) in [4.78, 5) is 28.8. The first-order chi connectivity index (χ1) is 13.6. The van der Waals surface area contributed by atoms with E-state index in [0.717, 1.165) is 5.69 Å². The molecule has 1 heterocycles. The molecule has 0 aromatic heterocycles. The van der Waals surface area contributed by atoms with Gasteiger partial charge in [0.1, 0.15) is 11.5 Å². The summed E-state index contributed by atoms with van der Waals surface area (Å²) < 4.78 is 10.5. The largest absolute Gasteiger partial charge is 0.497 e. The van der Waals surface area contributed by atoms with Crippen LogP contribution in [0.1, 0.15) is 10.4 Å². The number of nitrogens with zero attached hydrogens (tertiary/aromatic N) is 2. The van der Waals surface area contributed by atoms with E-state index in [0.29, 0.717) is 43.2 Å². The van der Waals surface area contributed by atoms with Crippen LogP contribution in [0.25, 0.3) is 0 Å². The van der Waals surface area contributed by atoms with E-state index in [1.165, 1.54) is 0 Å². The average molecular weight is 420 g/mol. The number of piperazine rings is 1. The van der Waals surface area contributed by atoms with Crippen LogP contribution in [0.2, 0.25) is 0 Å². The second-order valence-corrected chi connectivity index (χ2v) is 6.49. The van der Waals surface area contributed by atoms with Crippen molar-refractivity contribution in [2.24, 2.45) is 0 Å². The number of amides is 2. The van der Waals surface area contributed by atoms with E-state index in [9.17, 15) is 9.59 Å². The van der Waals surface area contributed by atoms with Crippen molar-refractivity contribution in [1.82, 2.24) is 9.80 Å². The Kier molecular flexibility index (Phi) is 8.15. The molecule has 2 amide bonds. The van der Waals surface area contributed by atoms with Gasteiger partial charge in [-0.3, -0.25) is 9.59 Å². The number of benzene rings is 2. The predicted octanol–water partition coefficient (Wildman–Crippen LogP) is 2.52. The van der Waals surface area contributed by atoms with Gasteiger partial charge in [-0.05, 0) is 24.3 Å². The summed E-state index contributed by atoms with van der Waals surface area (Å²) in [5.41, 5.74) is 1.43. The van der Waals surface area contributed by atoms with Crippen molar-refractivity contribution in [1.29, 1.82) is 0 Å². The minimum absolute atomic E-state index is 0. The van der Waals surface area contributed by atoms with Crippen molar-refractivity contribution in [3.63, 3.8) is 0 Å². The molecule has 0 saturated carbocycles. The Labute approximate surface area is 177 Å². The predicted molar refractivity (Wildman–Crippen MR) is 114 cm³/mol. The Morgan fingerprint density at radius 2 is 1.45 bits per heavy atom. The van der Waals surface area contributed by atoms with Gasteiger partial charge < -0.3 is 24.6 Å². The first-order valence-electron chi connectivity index (χ1n) is 9.19. The number of nitrogens with one attached hydrogen (secondary N) is 1. The number of hydrogen-bond acceptors (Lipinski definition) is 5. The zero-order valence-electron chi connectivity index (χ0n) is 16.6. The van der Waals surface area contributed by atoms with Crippen LogP contribution in [-0.2, 0) is 4.79 Å². The lowest BCUT2D eigenvalue weighted by molar-refractivity contribution is -0.130. The Morgan fingerprint density at radius 1 is 0.897 bits per heavy atom. The van der Waals surface area contributed by atoms with Crippen molar-refractivity contribution in [2.75, 3.05) is 52.3 Å². The van der Waals surface area contributed by atoms with Gasteiger partial charge in [-0.1, -0.05) is 18.2 Å². The Hall–Kier alpha value is -2.93. The monoisotopic (exact) mass is 419 g/mol. The summed E-state index contributed by atoms with van der Waals surface area (Å²) in [7, 11) is 3.10. The van der Waals surface area contributed by atoms with E-state index in [1.807, 2.05) is 30.3 Å². The summed E-state index contributed by atoms with van der Waals surface area (Å²) in [6.45, 7) is 2.26. The molecular formula is C21H26ClN3O4. The molecule has 2 aromatic carbocycles. The van der Waals surface area contributed by atoms with Crippen LogP contribution < -0.4 is 14.8 Å². The SMILES string of the molecule is COc1cc(OC)cc(C(=O)N2CCN(C(=O)CNc3ccccc3)CC2)c1.Cl. The second kappa shape index (κ2) is 10.6. The molecule has 156 valence electrons. The number of para-hydroxylation sites is 1. The zero-order valence-corrected chi connectivity index (χ0v) is 17.4. The lowest BCUT2D eigenvalue weighted by Crippen LogP contribution is -2.51. The molecular weight excluding hydrogens is 394 g/mol. The lowest BCUT2D eigenvalue weighted by Gasteiger charge is -2.35. The summed E-state index contributed by atoms with van der Waals surface area (Å²) in [5, 5.41) is 3.13. The molecule has 3 rings (SSSR count). The highest BCUT2D eigenvalue weighted by Crippen LogP contribution is 2.23. The fraction of sp³-hybridized carbons (Fsp3) is 0.333. The van der Waals surface area contributed by atoms with Crippen molar-refractivity contribution in [2.45, 2.75) is 0 Å². The van der Waals surface area contributed by atoms with Crippen molar-refractivity contribution >= 4 is 29.9 Å². The third-order valence-corrected chi connectivity index (χ3v) is 4.74. The molecule has 0 radical (unpaired) electrons. The van der Waals surface area contributed by atoms with Gasteiger partial charge in [0.2, 0.25) is 5.91 Å². The summed E-state index contributed by atoms with van der Waals surface area (Å²) >= 11 is 0. The van der Waals surface area contributed by atoms with E-state index < -0.39 is 0 Å². The maximum Gasteiger partial charge on any atom is 0.254 e. The molecule has 0 bridgehead atoms. The summed E-state index contributed by atoms with van der Waals surface area (Å²) in [6, 6.07) is 14.8. The molecule has 0 unspecified atom stereocenters. The standard InChI is InChI=1S/C21H25N3O4.ClH/c1-27-18-12-16(13-19(14-18)28-2)21(26)24-10-8-23(9-11-24)20(25)15-22-17-6-4-3-5-7-17;/h3-7,12-14,22H,8-11,15H2,1-2H3;1H. The van der Waals surface area contributed by atoms with Crippen molar-refractivity contribution in [3.05, 3.63) is 54.1 Å². The molecule has 0 aliphatic carbocycles. The lowest BCUT2D eigenvalue weighted by atomic mass is 10.1. The molecule has 1 aliphatic rings. The smallest absolute Gasteiger partial charge is 0.254 e. The molecule has 1 fully saturated rings. The summed E-state index contributed by atoms with van der Waals surface area (Å²) in [5.74, 6) is 1.08. The minimum atomic E-state index is -0.0910. The maximum atomic E-state index is 12.8. The average Bonchev–Trinajstić information content (AvgIpc) is 2.77. The molecule has 1 N–H and O–H groups in total. The molecule has 2 aromatic rings. The molecule has 0 spiro atoms. The maximum absolute atomic E-state index is 12.8. The van der Waals surface area contributed by atoms with Crippen LogP contribution in [-0.4, -0.2) is 68.6 Å². The number of carbonyl (C=O) groups excluding carboxylic acids is 2. The Morgan fingerprint density at radius 3 is 2.00 bits per heavy atom. The van der Waals surface area contributed by atoms with Gasteiger partial charge in [-0.15, -0.1) is 12.4 Å². The van der Waals surface area contributed by atoms with Crippen molar-refractivity contribution < 1.29 is 19.1 Å². The molecule has 1 saturated heterocycles. The number of hydrogen-bond donors (Lipinski definition) is 1. The quantitative estimate of drug-likeness (QED) is 0.779. The Balaban J connectivity index is 0.00000300. The molecule has 1 aliphatic heterocycles. The highest BCUT2D eigenvalue weighted by Gasteiger charge is 2.25. The molecule has 29 heavy (non-hydrogen) atoms. The van der Waals surface area contributed by atoms with Gasteiger partial charge in [0.25, 0.3) is 5.91 Å². The second-order valence-electron chi connectivity index (χ2n) is 6.49. The minimum Gasteiger partial charge on any atom is -0.497 e. The third kappa shape index (κ3) is 5.77. The van der Waals surface area contributed by atoms with Crippen LogP contribution in [0, 0.1) is 0 Å². The van der Waals surface area contributed by atoms with Gasteiger partial charge in [0.15, 0.2) is 0 Å². The zero-order chi connectivity index (χ0) is 19.9. The summed E-state index contributed by atoms with van der Waals surface area (Å²) in [6.07, 6.45) is 0. The number of methoxy groups -OCH3 is 2. The normalized spacial score (nSPS) is 13.3. The number of halogens is 1. The third-order valence-electron chi connectivity index (χ3n) is 4.74. The van der Waals surface area contributed by atoms with Crippen LogP contribution in [0.3, 0.4) is 0 Å². The van der Waals surface area contributed by atoms with Gasteiger partial charge in [0, 0.05) is 43.5 Å². The number of anilines is 1. The Bertz CT molecular complexity index is 802. The highest BCUT2D eigenvalue weighted by molar-refractivity contribution is 5.95. The van der Waals surface area contributed by atoms with Gasteiger partial charge >= 0.3 is 0 Å². The van der Waals surface area contributed by atoms with E-state index in [4.69, 9.17) is 9.47 Å². The number of carbonyl (C=O) groups is 2. The van der Waals surface area contributed by atoms with Crippen LogP contribution in [0.5, 0.6) is 11.5 Å². The van der Waals surface area contributed by atoms with E-state index in [2.05, 4.69) is 5.32 Å².